The van der Waals surface area contributed by atoms with Crippen LogP contribution in [-0.4, -0.2) is 20.9 Å². The Morgan fingerprint density at radius 3 is 3.00 bits per heavy atom. The Kier molecular flexibility index (Phi) is 3.57. The number of aromatic nitrogens is 3. The Morgan fingerprint density at radius 1 is 1.50 bits per heavy atom. The number of carbonyl (C=O) groups is 1. The Hall–Kier alpha value is -2.37. The molecule has 1 amide bonds. The highest BCUT2D eigenvalue weighted by atomic mass is 16.1. The van der Waals surface area contributed by atoms with E-state index in [-0.39, 0.29) is 5.91 Å². The lowest BCUT2D eigenvalue weighted by Crippen LogP contribution is -2.14. The molecule has 6 heteroatoms. The molecule has 18 heavy (non-hydrogen) atoms. The third-order valence-electron chi connectivity index (χ3n) is 2.40. The first-order valence-corrected chi connectivity index (χ1v) is 5.76. The SMILES string of the molecule is CCCc1cc(C(=O)Nc2ncc[nH]2)cc(N)n1. The second kappa shape index (κ2) is 5.31. The lowest BCUT2D eigenvalue weighted by atomic mass is 10.1. The van der Waals surface area contributed by atoms with E-state index in [0.29, 0.717) is 17.3 Å². The Morgan fingerprint density at radius 2 is 2.33 bits per heavy atom. The van der Waals surface area contributed by atoms with E-state index in [0.717, 1.165) is 18.5 Å². The normalized spacial score (nSPS) is 10.3. The van der Waals surface area contributed by atoms with Crippen molar-refractivity contribution in [1.82, 2.24) is 15.0 Å². The van der Waals surface area contributed by atoms with Crippen LogP contribution < -0.4 is 11.1 Å². The molecule has 0 aliphatic heterocycles. The average molecular weight is 245 g/mol. The van der Waals surface area contributed by atoms with Crippen LogP contribution in [-0.2, 0) is 6.42 Å². The van der Waals surface area contributed by atoms with E-state index >= 15 is 0 Å². The molecule has 0 aliphatic rings. The minimum Gasteiger partial charge on any atom is -0.384 e. The third-order valence-corrected chi connectivity index (χ3v) is 2.40. The van der Waals surface area contributed by atoms with Crippen LogP contribution in [0, 0.1) is 0 Å². The summed E-state index contributed by atoms with van der Waals surface area (Å²) in [5.41, 5.74) is 7.00. The molecule has 0 saturated heterocycles. The first-order chi connectivity index (χ1) is 8.69. The summed E-state index contributed by atoms with van der Waals surface area (Å²) in [6.07, 6.45) is 4.96. The lowest BCUT2D eigenvalue weighted by molar-refractivity contribution is 0.102. The molecule has 0 saturated carbocycles. The zero-order valence-electron chi connectivity index (χ0n) is 10.1. The number of pyridine rings is 1. The van der Waals surface area contributed by atoms with Gasteiger partial charge in [0.2, 0.25) is 5.95 Å². The van der Waals surface area contributed by atoms with Gasteiger partial charge in [-0.3, -0.25) is 10.1 Å². The molecule has 94 valence electrons. The molecule has 0 spiro atoms. The first-order valence-electron chi connectivity index (χ1n) is 5.76. The third kappa shape index (κ3) is 2.85. The number of hydrogen-bond donors (Lipinski definition) is 3. The van der Waals surface area contributed by atoms with E-state index in [9.17, 15) is 4.79 Å². The van der Waals surface area contributed by atoms with Crippen LogP contribution in [0.2, 0.25) is 0 Å². The number of anilines is 2. The van der Waals surface area contributed by atoms with Crippen molar-refractivity contribution in [3.05, 3.63) is 35.8 Å². The second-order valence-electron chi connectivity index (χ2n) is 3.91. The van der Waals surface area contributed by atoms with E-state index in [4.69, 9.17) is 5.73 Å². The molecule has 6 nitrogen and oxygen atoms in total. The minimum absolute atomic E-state index is 0.253. The fraction of sp³-hybridized carbons (Fsp3) is 0.250. The predicted octanol–water partition coefficient (Wildman–Crippen LogP) is 1.59. The maximum Gasteiger partial charge on any atom is 0.258 e. The van der Waals surface area contributed by atoms with Gasteiger partial charge in [-0.05, 0) is 18.6 Å². The fourth-order valence-corrected chi connectivity index (χ4v) is 1.64. The van der Waals surface area contributed by atoms with Crippen LogP contribution in [0.3, 0.4) is 0 Å². The molecular weight excluding hydrogens is 230 g/mol. The van der Waals surface area contributed by atoms with Crippen LogP contribution in [0.25, 0.3) is 0 Å². The summed E-state index contributed by atoms with van der Waals surface area (Å²) in [7, 11) is 0. The van der Waals surface area contributed by atoms with Gasteiger partial charge in [0.15, 0.2) is 0 Å². The maximum absolute atomic E-state index is 12.0. The van der Waals surface area contributed by atoms with E-state index in [1.54, 1.807) is 24.5 Å². The summed E-state index contributed by atoms with van der Waals surface area (Å²) in [6.45, 7) is 2.05. The molecule has 2 heterocycles. The molecule has 0 atom stereocenters. The number of hydrogen-bond acceptors (Lipinski definition) is 4. The highest BCUT2D eigenvalue weighted by Gasteiger charge is 2.10. The number of nitrogen functional groups attached to an aromatic ring is 1. The highest BCUT2D eigenvalue weighted by molar-refractivity contribution is 6.03. The highest BCUT2D eigenvalue weighted by Crippen LogP contribution is 2.11. The van der Waals surface area contributed by atoms with Crippen LogP contribution >= 0.6 is 0 Å². The minimum atomic E-state index is -0.253. The van der Waals surface area contributed by atoms with Crippen molar-refractivity contribution in [1.29, 1.82) is 0 Å². The van der Waals surface area contributed by atoms with Crippen molar-refractivity contribution in [2.45, 2.75) is 19.8 Å². The fourth-order valence-electron chi connectivity index (χ4n) is 1.64. The number of aromatic amines is 1. The van der Waals surface area contributed by atoms with Gasteiger partial charge >= 0.3 is 0 Å². The zero-order valence-corrected chi connectivity index (χ0v) is 10.1. The van der Waals surface area contributed by atoms with Gasteiger partial charge in [0.05, 0.1) is 0 Å². The molecule has 0 aliphatic carbocycles. The monoisotopic (exact) mass is 245 g/mol. The number of nitrogens with zero attached hydrogens (tertiary/aromatic N) is 2. The molecule has 0 radical (unpaired) electrons. The number of nitrogens with two attached hydrogens (primary N) is 1. The van der Waals surface area contributed by atoms with Crippen LogP contribution in [0.15, 0.2) is 24.5 Å². The first kappa shape index (κ1) is 12.1. The van der Waals surface area contributed by atoms with Crippen molar-refractivity contribution in [3.8, 4) is 0 Å². The van der Waals surface area contributed by atoms with Crippen molar-refractivity contribution in [2.75, 3.05) is 11.1 Å². The van der Waals surface area contributed by atoms with E-state index < -0.39 is 0 Å². The summed E-state index contributed by atoms with van der Waals surface area (Å²) in [5, 5.41) is 2.65. The molecule has 0 bridgehead atoms. The average Bonchev–Trinajstić information content (AvgIpc) is 2.81. The van der Waals surface area contributed by atoms with Crippen molar-refractivity contribution in [3.63, 3.8) is 0 Å². The largest absolute Gasteiger partial charge is 0.384 e. The van der Waals surface area contributed by atoms with E-state index in [1.807, 2.05) is 6.92 Å². The van der Waals surface area contributed by atoms with Gasteiger partial charge in [0.25, 0.3) is 5.91 Å². The van der Waals surface area contributed by atoms with Gasteiger partial charge in [0.1, 0.15) is 5.82 Å². The molecule has 2 aromatic heterocycles. The van der Waals surface area contributed by atoms with E-state index in [2.05, 4.69) is 20.3 Å². The van der Waals surface area contributed by atoms with Gasteiger partial charge in [-0.1, -0.05) is 13.3 Å². The number of imidazole rings is 1. The maximum atomic E-state index is 12.0. The summed E-state index contributed by atoms with van der Waals surface area (Å²) in [4.78, 5) is 22.9. The Labute approximate surface area is 105 Å². The molecule has 2 aromatic rings. The Balaban J connectivity index is 2.19. The number of rotatable bonds is 4. The number of carbonyl (C=O) groups excluding carboxylic acids is 1. The number of aryl methyl sites for hydroxylation is 1. The standard InChI is InChI=1S/C12H15N5O/c1-2-3-9-6-8(7-10(13)16-9)11(18)17-12-14-4-5-15-12/h4-7H,2-3H2,1H3,(H2,13,16)(H2,14,15,17,18). The van der Waals surface area contributed by atoms with E-state index in [1.165, 1.54) is 0 Å². The van der Waals surface area contributed by atoms with Crippen LogP contribution in [0.4, 0.5) is 11.8 Å². The smallest absolute Gasteiger partial charge is 0.258 e. The number of nitrogens with one attached hydrogen (secondary N) is 2. The predicted molar refractivity (Wildman–Crippen MR) is 69.2 cm³/mol. The molecule has 0 aromatic carbocycles. The quantitative estimate of drug-likeness (QED) is 0.762. The zero-order chi connectivity index (χ0) is 13.0. The molecule has 2 rings (SSSR count). The van der Waals surface area contributed by atoms with Gasteiger partial charge < -0.3 is 10.7 Å². The molecule has 0 fully saturated rings. The molecular formula is C12H15N5O. The second-order valence-corrected chi connectivity index (χ2v) is 3.91. The van der Waals surface area contributed by atoms with Crippen LogP contribution in [0.1, 0.15) is 29.4 Å². The van der Waals surface area contributed by atoms with Gasteiger partial charge in [0, 0.05) is 23.7 Å². The topological polar surface area (TPSA) is 96.7 Å². The Bertz CT molecular complexity index is 535. The van der Waals surface area contributed by atoms with Crippen molar-refractivity contribution < 1.29 is 4.79 Å². The number of H-pyrrole nitrogens is 1. The van der Waals surface area contributed by atoms with Gasteiger partial charge in [-0.25, -0.2) is 9.97 Å². The number of amides is 1. The van der Waals surface area contributed by atoms with Crippen LogP contribution in [0.5, 0.6) is 0 Å². The van der Waals surface area contributed by atoms with Crippen molar-refractivity contribution >= 4 is 17.7 Å². The summed E-state index contributed by atoms with van der Waals surface area (Å²) in [5.74, 6) is 0.509. The summed E-state index contributed by atoms with van der Waals surface area (Å²) >= 11 is 0. The summed E-state index contributed by atoms with van der Waals surface area (Å²) in [6, 6.07) is 3.30. The summed E-state index contributed by atoms with van der Waals surface area (Å²) < 4.78 is 0. The molecule has 0 unspecified atom stereocenters. The van der Waals surface area contributed by atoms with Crippen molar-refractivity contribution in [2.24, 2.45) is 0 Å². The van der Waals surface area contributed by atoms with Gasteiger partial charge in [-0.15, -0.1) is 0 Å². The van der Waals surface area contributed by atoms with Gasteiger partial charge in [-0.2, -0.15) is 0 Å². The molecule has 4 N–H and O–H groups in total. The lowest BCUT2D eigenvalue weighted by Gasteiger charge is -2.05.